The van der Waals surface area contributed by atoms with Crippen molar-refractivity contribution in [1.29, 1.82) is 0 Å². The van der Waals surface area contributed by atoms with Gasteiger partial charge in [-0.2, -0.15) is 13.2 Å². The van der Waals surface area contributed by atoms with Crippen LogP contribution in [0.1, 0.15) is 33.1 Å². The predicted molar refractivity (Wildman–Crippen MR) is 61.4 cm³/mol. The highest BCUT2D eigenvalue weighted by Crippen LogP contribution is 2.43. The third-order valence-corrected chi connectivity index (χ3v) is 3.56. The molecule has 0 heterocycles. The summed E-state index contributed by atoms with van der Waals surface area (Å²) in [5, 5.41) is 8.64. The zero-order valence-electron chi connectivity index (χ0n) is 11.0. The Morgan fingerprint density at radius 3 is 2.32 bits per heavy atom. The fourth-order valence-electron chi connectivity index (χ4n) is 2.60. The monoisotopic (exact) mass is 281 g/mol. The first-order valence-electron chi connectivity index (χ1n) is 6.10. The Bertz CT molecular complexity index is 366. The number of hydrogen-bond acceptors (Lipinski definition) is 2. The van der Waals surface area contributed by atoms with Gasteiger partial charge in [-0.1, -0.05) is 20.3 Å². The fraction of sp³-hybridized carbons (Fsp3) is 0.833. The van der Waals surface area contributed by atoms with E-state index in [2.05, 4.69) is 0 Å². The van der Waals surface area contributed by atoms with Gasteiger partial charge in [-0.15, -0.1) is 0 Å². The Hall–Kier alpha value is -1.27. The van der Waals surface area contributed by atoms with Crippen molar-refractivity contribution in [3.63, 3.8) is 0 Å². The Balaban J connectivity index is 2.85. The van der Waals surface area contributed by atoms with Gasteiger partial charge in [-0.25, -0.2) is 0 Å². The second-order valence-corrected chi connectivity index (χ2v) is 5.64. The number of carboxylic acid groups (broad SMARTS) is 1. The maximum atomic E-state index is 12.4. The maximum Gasteiger partial charge on any atom is 0.406 e. The van der Waals surface area contributed by atoms with Crippen molar-refractivity contribution >= 4 is 11.9 Å². The van der Waals surface area contributed by atoms with Crippen LogP contribution in [0.3, 0.4) is 0 Å². The van der Waals surface area contributed by atoms with E-state index >= 15 is 0 Å². The van der Waals surface area contributed by atoms with Crippen LogP contribution in [0.15, 0.2) is 0 Å². The molecule has 1 unspecified atom stereocenters. The first-order chi connectivity index (χ1) is 8.53. The number of carbonyl (C=O) groups excluding carboxylic acids is 1. The van der Waals surface area contributed by atoms with Crippen molar-refractivity contribution in [1.82, 2.24) is 4.90 Å². The number of hydrogen-bond donors (Lipinski definition) is 1. The van der Waals surface area contributed by atoms with Crippen LogP contribution in [-0.2, 0) is 9.59 Å². The molecule has 4 nitrogen and oxygen atoms in total. The lowest BCUT2D eigenvalue weighted by Crippen LogP contribution is -2.46. The Morgan fingerprint density at radius 2 is 1.95 bits per heavy atom. The summed E-state index contributed by atoms with van der Waals surface area (Å²) in [6.45, 7) is 1.24. The molecule has 0 aliphatic heterocycles. The average Bonchev–Trinajstić information content (AvgIpc) is 2.53. The molecule has 1 aliphatic carbocycles. The van der Waals surface area contributed by atoms with Gasteiger partial charge in [-0.3, -0.25) is 9.59 Å². The number of carboxylic acids is 1. The number of amides is 1. The van der Waals surface area contributed by atoms with Crippen LogP contribution in [0.5, 0.6) is 0 Å². The molecular formula is C12H18F3NO3. The first kappa shape index (κ1) is 15.8. The molecule has 7 heteroatoms. The third-order valence-electron chi connectivity index (χ3n) is 3.56. The van der Waals surface area contributed by atoms with E-state index in [1.807, 2.05) is 13.8 Å². The number of rotatable bonds is 4. The lowest BCUT2D eigenvalue weighted by atomic mass is 9.81. The Morgan fingerprint density at radius 1 is 1.37 bits per heavy atom. The van der Waals surface area contributed by atoms with Crippen LogP contribution in [0, 0.1) is 11.3 Å². The molecule has 1 N–H and O–H groups in total. The zero-order valence-corrected chi connectivity index (χ0v) is 11.0. The van der Waals surface area contributed by atoms with Gasteiger partial charge in [0.15, 0.2) is 0 Å². The van der Waals surface area contributed by atoms with E-state index in [4.69, 9.17) is 5.11 Å². The molecule has 1 amide bonds. The van der Waals surface area contributed by atoms with Gasteiger partial charge in [0.1, 0.15) is 13.1 Å². The molecular weight excluding hydrogens is 263 g/mol. The SMILES string of the molecule is CC1(C)CCCC1C(=O)N(CC(=O)O)CC(F)(F)F. The molecule has 0 bridgehead atoms. The summed E-state index contributed by atoms with van der Waals surface area (Å²) in [7, 11) is 0. The number of aliphatic carboxylic acids is 1. The lowest BCUT2D eigenvalue weighted by molar-refractivity contribution is -0.169. The molecule has 0 aromatic heterocycles. The highest BCUT2D eigenvalue weighted by molar-refractivity contribution is 5.84. The molecule has 0 aromatic rings. The summed E-state index contributed by atoms with van der Waals surface area (Å²) >= 11 is 0. The molecule has 1 fully saturated rings. The quantitative estimate of drug-likeness (QED) is 0.860. The van der Waals surface area contributed by atoms with Crippen LogP contribution in [0.2, 0.25) is 0 Å². The molecule has 0 radical (unpaired) electrons. The van der Waals surface area contributed by atoms with E-state index in [-0.39, 0.29) is 5.41 Å². The topological polar surface area (TPSA) is 57.6 Å². The van der Waals surface area contributed by atoms with E-state index in [0.717, 1.165) is 12.8 Å². The summed E-state index contributed by atoms with van der Waals surface area (Å²) in [6, 6.07) is 0. The number of nitrogens with zero attached hydrogens (tertiary/aromatic N) is 1. The van der Waals surface area contributed by atoms with Crippen LogP contribution in [0.25, 0.3) is 0 Å². The van der Waals surface area contributed by atoms with Gasteiger partial charge in [-0.05, 0) is 18.3 Å². The Kier molecular flexibility index (Phi) is 4.47. The molecule has 1 atom stereocenters. The fourth-order valence-corrected chi connectivity index (χ4v) is 2.60. The van der Waals surface area contributed by atoms with Gasteiger partial charge in [0.2, 0.25) is 5.91 Å². The van der Waals surface area contributed by atoms with Crippen molar-refractivity contribution in [2.45, 2.75) is 39.3 Å². The largest absolute Gasteiger partial charge is 0.480 e. The van der Waals surface area contributed by atoms with Gasteiger partial charge in [0.25, 0.3) is 0 Å². The highest BCUT2D eigenvalue weighted by atomic mass is 19.4. The van der Waals surface area contributed by atoms with Crippen LogP contribution in [0.4, 0.5) is 13.2 Å². The number of halogens is 3. The summed E-state index contributed by atoms with van der Waals surface area (Å²) in [4.78, 5) is 23.2. The van der Waals surface area contributed by atoms with Crippen molar-refractivity contribution in [2.24, 2.45) is 11.3 Å². The number of alkyl halides is 3. The smallest absolute Gasteiger partial charge is 0.406 e. The normalized spacial score (nSPS) is 22.3. The minimum Gasteiger partial charge on any atom is -0.480 e. The van der Waals surface area contributed by atoms with Crippen molar-refractivity contribution in [3.05, 3.63) is 0 Å². The molecule has 0 saturated heterocycles. The molecule has 1 saturated carbocycles. The summed E-state index contributed by atoms with van der Waals surface area (Å²) in [5.41, 5.74) is -0.376. The van der Waals surface area contributed by atoms with E-state index < -0.39 is 37.1 Å². The maximum absolute atomic E-state index is 12.4. The molecule has 1 aliphatic rings. The van der Waals surface area contributed by atoms with Gasteiger partial charge < -0.3 is 10.0 Å². The molecule has 19 heavy (non-hydrogen) atoms. The predicted octanol–water partition coefficient (Wildman–Crippen LogP) is 2.29. The van der Waals surface area contributed by atoms with Crippen molar-refractivity contribution in [3.8, 4) is 0 Å². The van der Waals surface area contributed by atoms with E-state index in [1.54, 1.807) is 0 Å². The first-order valence-corrected chi connectivity index (χ1v) is 6.10. The minimum atomic E-state index is -4.59. The molecule has 110 valence electrons. The highest BCUT2D eigenvalue weighted by Gasteiger charge is 2.43. The van der Waals surface area contributed by atoms with Crippen molar-refractivity contribution < 1.29 is 27.9 Å². The Labute approximate surface area is 109 Å². The number of carbonyl (C=O) groups is 2. The minimum absolute atomic E-state index is 0.376. The van der Waals surface area contributed by atoms with E-state index in [1.165, 1.54) is 0 Å². The van der Waals surface area contributed by atoms with Gasteiger partial charge in [0, 0.05) is 5.92 Å². The summed E-state index contributed by atoms with van der Waals surface area (Å²) < 4.78 is 37.2. The standard InChI is InChI=1S/C12H18F3NO3/c1-11(2)5-3-4-8(11)10(19)16(6-9(17)18)7-12(13,14)15/h8H,3-7H2,1-2H3,(H,17,18). The zero-order chi connectivity index (χ0) is 14.8. The lowest BCUT2D eigenvalue weighted by Gasteiger charge is -2.31. The van der Waals surface area contributed by atoms with E-state index in [0.29, 0.717) is 11.3 Å². The molecule has 0 aromatic carbocycles. The van der Waals surface area contributed by atoms with Crippen molar-refractivity contribution in [2.75, 3.05) is 13.1 Å². The molecule has 1 rings (SSSR count). The molecule has 0 spiro atoms. The summed E-state index contributed by atoms with van der Waals surface area (Å²) in [5.74, 6) is -2.68. The van der Waals surface area contributed by atoms with Gasteiger partial charge >= 0.3 is 12.1 Å². The van der Waals surface area contributed by atoms with Crippen LogP contribution < -0.4 is 0 Å². The van der Waals surface area contributed by atoms with Gasteiger partial charge in [0.05, 0.1) is 0 Å². The van der Waals surface area contributed by atoms with E-state index in [9.17, 15) is 22.8 Å². The third kappa shape index (κ3) is 4.40. The average molecular weight is 281 g/mol. The second-order valence-electron chi connectivity index (χ2n) is 5.64. The summed E-state index contributed by atoms with van der Waals surface area (Å²) in [6.07, 6.45) is -2.54. The second kappa shape index (κ2) is 5.38. The van der Waals surface area contributed by atoms with Crippen LogP contribution in [-0.4, -0.2) is 41.1 Å². The van der Waals surface area contributed by atoms with Crippen LogP contribution >= 0.6 is 0 Å².